The first kappa shape index (κ1) is 13.6. The molecule has 0 saturated heterocycles. The zero-order chi connectivity index (χ0) is 13.9. The SMILES string of the molecule is COc1ccc(CCC(O)c2cc3sccc3s2)cc1. The van der Waals surface area contributed by atoms with Gasteiger partial charge in [0, 0.05) is 14.3 Å². The number of hydrogen-bond acceptors (Lipinski definition) is 4. The molecule has 20 heavy (non-hydrogen) atoms. The lowest BCUT2D eigenvalue weighted by Gasteiger charge is -2.08. The maximum absolute atomic E-state index is 10.3. The van der Waals surface area contributed by atoms with Crippen molar-refractivity contribution in [3.8, 4) is 5.75 Å². The molecule has 1 atom stereocenters. The Balaban J connectivity index is 1.63. The lowest BCUT2D eigenvalue weighted by atomic mass is 10.1. The number of aliphatic hydroxyl groups excluding tert-OH is 1. The van der Waals surface area contributed by atoms with E-state index in [-0.39, 0.29) is 6.10 Å². The van der Waals surface area contributed by atoms with Gasteiger partial charge in [0.1, 0.15) is 5.75 Å². The second kappa shape index (κ2) is 5.95. The average Bonchev–Trinajstić information content (AvgIpc) is 3.06. The van der Waals surface area contributed by atoms with Crippen LogP contribution in [0.5, 0.6) is 5.75 Å². The van der Waals surface area contributed by atoms with Crippen molar-refractivity contribution in [2.24, 2.45) is 0 Å². The van der Waals surface area contributed by atoms with Crippen LogP contribution < -0.4 is 4.74 Å². The van der Waals surface area contributed by atoms with Gasteiger partial charge in [-0.2, -0.15) is 0 Å². The molecule has 2 nitrogen and oxygen atoms in total. The van der Waals surface area contributed by atoms with E-state index in [4.69, 9.17) is 4.74 Å². The van der Waals surface area contributed by atoms with Crippen molar-refractivity contribution in [2.75, 3.05) is 7.11 Å². The van der Waals surface area contributed by atoms with E-state index < -0.39 is 0 Å². The van der Waals surface area contributed by atoms with Crippen molar-refractivity contribution in [3.63, 3.8) is 0 Å². The maximum Gasteiger partial charge on any atom is 0.118 e. The Hall–Kier alpha value is -1.36. The summed E-state index contributed by atoms with van der Waals surface area (Å²) in [5.41, 5.74) is 1.23. The van der Waals surface area contributed by atoms with Crippen LogP contribution in [0.4, 0.5) is 0 Å². The van der Waals surface area contributed by atoms with Crippen molar-refractivity contribution in [1.29, 1.82) is 0 Å². The molecular weight excluding hydrogens is 288 g/mol. The van der Waals surface area contributed by atoms with Gasteiger partial charge in [0.05, 0.1) is 13.2 Å². The van der Waals surface area contributed by atoms with Crippen LogP contribution in [0.1, 0.15) is 23.0 Å². The van der Waals surface area contributed by atoms with Gasteiger partial charge in [0.2, 0.25) is 0 Å². The fourth-order valence-electron chi connectivity index (χ4n) is 2.19. The van der Waals surface area contributed by atoms with Crippen LogP contribution in [0, 0.1) is 0 Å². The second-order valence-electron chi connectivity index (χ2n) is 4.70. The summed E-state index contributed by atoms with van der Waals surface area (Å²) in [5.74, 6) is 0.868. The molecule has 1 unspecified atom stereocenters. The first-order chi connectivity index (χ1) is 9.76. The smallest absolute Gasteiger partial charge is 0.118 e. The summed E-state index contributed by atoms with van der Waals surface area (Å²) in [6, 6.07) is 12.3. The van der Waals surface area contributed by atoms with Crippen LogP contribution in [-0.2, 0) is 6.42 Å². The molecule has 3 aromatic rings. The lowest BCUT2D eigenvalue weighted by Crippen LogP contribution is -1.97. The quantitative estimate of drug-likeness (QED) is 0.744. The number of thiophene rings is 2. The summed E-state index contributed by atoms with van der Waals surface area (Å²) in [6.07, 6.45) is 1.25. The van der Waals surface area contributed by atoms with Crippen LogP contribution in [0.3, 0.4) is 0 Å². The molecule has 0 aliphatic rings. The Labute approximate surface area is 126 Å². The van der Waals surface area contributed by atoms with Gasteiger partial charge in [-0.15, -0.1) is 22.7 Å². The summed E-state index contributed by atoms with van der Waals surface area (Å²) in [4.78, 5) is 1.07. The summed E-state index contributed by atoms with van der Waals surface area (Å²) in [6.45, 7) is 0. The molecule has 0 radical (unpaired) electrons. The first-order valence-electron chi connectivity index (χ1n) is 6.54. The fourth-order valence-corrected chi connectivity index (χ4v) is 4.33. The molecule has 0 saturated carbocycles. The minimum absolute atomic E-state index is 0.373. The Morgan fingerprint density at radius 1 is 1.15 bits per heavy atom. The molecular formula is C16H16O2S2. The largest absolute Gasteiger partial charge is 0.497 e. The molecule has 0 bridgehead atoms. The molecule has 4 heteroatoms. The van der Waals surface area contributed by atoms with Gasteiger partial charge in [-0.25, -0.2) is 0 Å². The van der Waals surface area contributed by atoms with Gasteiger partial charge >= 0.3 is 0 Å². The molecule has 104 valence electrons. The van der Waals surface area contributed by atoms with E-state index in [0.29, 0.717) is 0 Å². The third-order valence-electron chi connectivity index (χ3n) is 3.35. The Kier molecular flexibility index (Phi) is 4.05. The van der Waals surface area contributed by atoms with E-state index >= 15 is 0 Å². The molecule has 3 rings (SSSR count). The Morgan fingerprint density at radius 2 is 1.95 bits per heavy atom. The predicted octanol–water partition coefficient (Wildman–Crippen LogP) is 4.64. The molecule has 2 aromatic heterocycles. The van der Waals surface area contributed by atoms with E-state index in [9.17, 15) is 5.11 Å². The summed E-state index contributed by atoms with van der Waals surface area (Å²) in [5, 5.41) is 12.4. The zero-order valence-electron chi connectivity index (χ0n) is 11.2. The first-order valence-corrected chi connectivity index (χ1v) is 8.24. The van der Waals surface area contributed by atoms with Crippen LogP contribution >= 0.6 is 22.7 Å². The molecule has 0 amide bonds. The van der Waals surface area contributed by atoms with Crippen molar-refractivity contribution in [3.05, 3.63) is 52.2 Å². The third kappa shape index (κ3) is 2.87. The molecule has 1 aromatic carbocycles. The number of hydrogen-bond donors (Lipinski definition) is 1. The lowest BCUT2D eigenvalue weighted by molar-refractivity contribution is 0.171. The predicted molar refractivity (Wildman–Crippen MR) is 86.0 cm³/mol. The van der Waals surface area contributed by atoms with Crippen LogP contribution in [-0.4, -0.2) is 12.2 Å². The molecule has 0 aliphatic carbocycles. The standard InChI is InChI=1S/C16H16O2S2/c1-18-12-5-2-11(3-6-12)4-7-13(17)15-10-16-14(20-15)8-9-19-16/h2-3,5-6,8-10,13,17H,4,7H2,1H3. The molecule has 0 fully saturated rings. The number of ether oxygens (including phenoxy) is 1. The topological polar surface area (TPSA) is 29.5 Å². The monoisotopic (exact) mass is 304 g/mol. The normalized spacial score (nSPS) is 12.7. The highest BCUT2D eigenvalue weighted by Crippen LogP contribution is 2.34. The van der Waals surface area contributed by atoms with Gasteiger partial charge in [-0.3, -0.25) is 0 Å². The van der Waals surface area contributed by atoms with Crippen molar-refractivity contribution in [2.45, 2.75) is 18.9 Å². The number of benzene rings is 1. The summed E-state index contributed by atoms with van der Waals surface area (Å²) in [7, 11) is 1.67. The van der Waals surface area contributed by atoms with Gasteiger partial charge < -0.3 is 9.84 Å². The third-order valence-corrected chi connectivity index (χ3v) is 5.55. The minimum Gasteiger partial charge on any atom is -0.497 e. The average molecular weight is 304 g/mol. The summed E-state index contributed by atoms with van der Waals surface area (Å²) < 4.78 is 7.69. The van der Waals surface area contributed by atoms with E-state index in [1.165, 1.54) is 15.0 Å². The minimum atomic E-state index is -0.373. The molecule has 2 heterocycles. The number of aliphatic hydroxyl groups is 1. The van der Waals surface area contributed by atoms with Gasteiger partial charge in [0.15, 0.2) is 0 Å². The Bertz CT molecular complexity index is 653. The van der Waals surface area contributed by atoms with Crippen LogP contribution in [0.15, 0.2) is 41.8 Å². The highest BCUT2D eigenvalue weighted by atomic mass is 32.1. The second-order valence-corrected chi connectivity index (χ2v) is 6.76. The molecule has 0 aliphatic heterocycles. The van der Waals surface area contributed by atoms with E-state index in [1.54, 1.807) is 29.8 Å². The highest BCUT2D eigenvalue weighted by molar-refractivity contribution is 7.26. The number of methoxy groups -OCH3 is 1. The van der Waals surface area contributed by atoms with Gasteiger partial charge in [-0.05, 0) is 48.1 Å². The van der Waals surface area contributed by atoms with Gasteiger partial charge in [-0.1, -0.05) is 12.1 Å². The summed E-state index contributed by atoms with van der Waals surface area (Å²) >= 11 is 3.42. The number of aryl methyl sites for hydroxylation is 1. The van der Waals surface area contributed by atoms with Crippen molar-refractivity contribution < 1.29 is 9.84 Å². The van der Waals surface area contributed by atoms with Crippen LogP contribution in [0.2, 0.25) is 0 Å². The van der Waals surface area contributed by atoms with E-state index in [1.807, 2.05) is 12.1 Å². The van der Waals surface area contributed by atoms with Crippen LogP contribution in [0.25, 0.3) is 9.40 Å². The van der Waals surface area contributed by atoms with E-state index in [0.717, 1.165) is 23.5 Å². The number of fused-ring (bicyclic) bond motifs is 1. The maximum atomic E-state index is 10.3. The number of rotatable bonds is 5. The fraction of sp³-hybridized carbons (Fsp3) is 0.250. The van der Waals surface area contributed by atoms with Gasteiger partial charge in [0.25, 0.3) is 0 Å². The van der Waals surface area contributed by atoms with Crippen molar-refractivity contribution >= 4 is 32.1 Å². The highest BCUT2D eigenvalue weighted by Gasteiger charge is 2.12. The molecule has 1 N–H and O–H groups in total. The zero-order valence-corrected chi connectivity index (χ0v) is 12.8. The molecule has 0 spiro atoms. The van der Waals surface area contributed by atoms with Crippen molar-refractivity contribution in [1.82, 2.24) is 0 Å². The van der Waals surface area contributed by atoms with E-state index in [2.05, 4.69) is 29.6 Å². The Morgan fingerprint density at radius 3 is 2.65 bits per heavy atom.